The zero-order valence-corrected chi connectivity index (χ0v) is 22.5. The SMILES string of the molecule is COc1ccc(CCNC(=O)c2ccccc2NC(=O)COc2ccc(C(C)C)cc2Br)cc1OC. The average molecular weight is 555 g/mol. The van der Waals surface area contributed by atoms with Gasteiger partial charge in [0.05, 0.1) is 29.9 Å². The molecule has 0 aromatic heterocycles. The van der Waals surface area contributed by atoms with Gasteiger partial charge in [0.25, 0.3) is 11.8 Å². The second kappa shape index (κ2) is 13.0. The summed E-state index contributed by atoms with van der Waals surface area (Å²) in [6, 6.07) is 18.3. The van der Waals surface area contributed by atoms with E-state index in [1.807, 2.05) is 36.4 Å². The van der Waals surface area contributed by atoms with Crippen molar-refractivity contribution in [2.45, 2.75) is 26.2 Å². The average Bonchev–Trinajstić information content (AvgIpc) is 2.87. The van der Waals surface area contributed by atoms with Gasteiger partial charge in [-0.05, 0) is 75.8 Å². The van der Waals surface area contributed by atoms with E-state index in [1.54, 1.807) is 38.5 Å². The van der Waals surface area contributed by atoms with Crippen molar-refractivity contribution in [3.05, 3.63) is 81.8 Å². The van der Waals surface area contributed by atoms with Gasteiger partial charge in [-0.25, -0.2) is 0 Å². The summed E-state index contributed by atoms with van der Waals surface area (Å²) in [6.45, 7) is 4.45. The highest BCUT2D eigenvalue weighted by atomic mass is 79.9. The number of carbonyl (C=O) groups excluding carboxylic acids is 2. The Kier molecular flexibility index (Phi) is 9.76. The zero-order chi connectivity index (χ0) is 26.1. The Labute approximate surface area is 220 Å². The molecule has 0 radical (unpaired) electrons. The fraction of sp³-hybridized carbons (Fsp3) is 0.286. The van der Waals surface area contributed by atoms with Gasteiger partial charge >= 0.3 is 0 Å². The molecule has 7 nitrogen and oxygen atoms in total. The van der Waals surface area contributed by atoms with Gasteiger partial charge < -0.3 is 24.8 Å². The number of benzene rings is 3. The molecule has 0 heterocycles. The molecule has 0 spiro atoms. The molecule has 0 aliphatic heterocycles. The van der Waals surface area contributed by atoms with E-state index in [0.29, 0.717) is 47.4 Å². The predicted molar refractivity (Wildman–Crippen MR) is 144 cm³/mol. The normalized spacial score (nSPS) is 10.6. The van der Waals surface area contributed by atoms with Crippen LogP contribution in [0.15, 0.2) is 65.1 Å². The molecule has 0 fully saturated rings. The molecule has 36 heavy (non-hydrogen) atoms. The largest absolute Gasteiger partial charge is 0.493 e. The van der Waals surface area contributed by atoms with Gasteiger partial charge in [-0.2, -0.15) is 0 Å². The van der Waals surface area contributed by atoms with Crippen LogP contribution in [-0.2, 0) is 11.2 Å². The minimum Gasteiger partial charge on any atom is -0.493 e. The molecule has 0 atom stereocenters. The number of hydrogen-bond acceptors (Lipinski definition) is 5. The summed E-state index contributed by atoms with van der Waals surface area (Å²) in [5.74, 6) is 1.62. The van der Waals surface area contributed by atoms with E-state index in [0.717, 1.165) is 10.0 Å². The van der Waals surface area contributed by atoms with Gasteiger partial charge in [-0.1, -0.05) is 38.1 Å². The van der Waals surface area contributed by atoms with Crippen molar-refractivity contribution in [1.29, 1.82) is 0 Å². The van der Waals surface area contributed by atoms with Crippen LogP contribution in [0.1, 0.15) is 41.3 Å². The van der Waals surface area contributed by atoms with Crippen molar-refractivity contribution < 1.29 is 23.8 Å². The van der Waals surface area contributed by atoms with E-state index in [2.05, 4.69) is 40.4 Å². The second-order valence-electron chi connectivity index (χ2n) is 8.42. The van der Waals surface area contributed by atoms with Crippen LogP contribution in [0.4, 0.5) is 5.69 Å². The Bertz CT molecular complexity index is 1210. The van der Waals surface area contributed by atoms with E-state index in [4.69, 9.17) is 14.2 Å². The van der Waals surface area contributed by atoms with Crippen molar-refractivity contribution in [1.82, 2.24) is 5.32 Å². The number of rotatable bonds is 11. The summed E-state index contributed by atoms with van der Waals surface area (Å²) in [6.07, 6.45) is 0.610. The fourth-order valence-corrected chi connectivity index (χ4v) is 4.08. The van der Waals surface area contributed by atoms with E-state index in [1.165, 1.54) is 5.56 Å². The first-order valence-electron chi connectivity index (χ1n) is 11.6. The van der Waals surface area contributed by atoms with Gasteiger partial charge in [-0.3, -0.25) is 9.59 Å². The molecule has 0 bridgehead atoms. The highest BCUT2D eigenvalue weighted by Gasteiger charge is 2.14. The fourth-order valence-electron chi connectivity index (χ4n) is 3.56. The van der Waals surface area contributed by atoms with Gasteiger partial charge in [0.1, 0.15) is 5.75 Å². The molecule has 190 valence electrons. The van der Waals surface area contributed by atoms with Crippen LogP contribution >= 0.6 is 15.9 Å². The van der Waals surface area contributed by atoms with Crippen LogP contribution < -0.4 is 24.8 Å². The number of anilines is 1. The summed E-state index contributed by atoms with van der Waals surface area (Å²) in [5.41, 5.74) is 2.97. The standard InChI is InChI=1S/C28H31BrN2O5/c1-18(2)20-10-12-24(22(29)16-20)36-17-27(32)31-23-8-6-5-7-21(23)28(33)30-14-13-19-9-11-25(34-3)26(15-19)35-4/h5-12,15-16,18H,13-14,17H2,1-4H3,(H,30,33)(H,31,32). The number of methoxy groups -OCH3 is 2. The topological polar surface area (TPSA) is 85.9 Å². The third kappa shape index (κ3) is 7.24. The van der Waals surface area contributed by atoms with Crippen molar-refractivity contribution in [3.63, 3.8) is 0 Å². The maximum absolute atomic E-state index is 12.8. The lowest BCUT2D eigenvalue weighted by atomic mass is 10.0. The summed E-state index contributed by atoms with van der Waals surface area (Å²) in [7, 11) is 3.17. The molecule has 3 rings (SSSR count). The lowest BCUT2D eigenvalue weighted by Crippen LogP contribution is -2.28. The van der Waals surface area contributed by atoms with E-state index < -0.39 is 0 Å². The van der Waals surface area contributed by atoms with Crippen molar-refractivity contribution in [2.24, 2.45) is 0 Å². The second-order valence-corrected chi connectivity index (χ2v) is 9.28. The van der Waals surface area contributed by atoms with Crippen molar-refractivity contribution in [2.75, 3.05) is 32.7 Å². The Morgan fingerprint density at radius 3 is 2.33 bits per heavy atom. The van der Waals surface area contributed by atoms with E-state index >= 15 is 0 Å². The number of para-hydroxylation sites is 1. The van der Waals surface area contributed by atoms with Crippen molar-refractivity contribution >= 4 is 33.4 Å². The van der Waals surface area contributed by atoms with Crippen LogP contribution in [0.2, 0.25) is 0 Å². The smallest absolute Gasteiger partial charge is 0.262 e. The highest BCUT2D eigenvalue weighted by molar-refractivity contribution is 9.10. The molecular weight excluding hydrogens is 524 g/mol. The lowest BCUT2D eigenvalue weighted by Gasteiger charge is -2.14. The van der Waals surface area contributed by atoms with Crippen LogP contribution in [0, 0.1) is 0 Å². The first-order valence-corrected chi connectivity index (χ1v) is 12.4. The number of nitrogens with one attached hydrogen (secondary N) is 2. The number of halogens is 1. The monoisotopic (exact) mass is 554 g/mol. The maximum atomic E-state index is 12.8. The summed E-state index contributed by atoms with van der Waals surface area (Å²) in [4.78, 5) is 25.4. The summed E-state index contributed by atoms with van der Waals surface area (Å²) >= 11 is 3.50. The predicted octanol–water partition coefficient (Wildman–Crippen LogP) is 5.58. The number of carbonyl (C=O) groups is 2. The Morgan fingerprint density at radius 1 is 0.917 bits per heavy atom. The van der Waals surface area contributed by atoms with Crippen LogP contribution in [0.3, 0.4) is 0 Å². The Hall–Kier alpha value is -3.52. The lowest BCUT2D eigenvalue weighted by molar-refractivity contribution is -0.118. The third-order valence-corrected chi connectivity index (χ3v) is 6.19. The highest BCUT2D eigenvalue weighted by Crippen LogP contribution is 2.29. The number of amides is 2. The molecule has 3 aromatic carbocycles. The first kappa shape index (κ1) is 27.1. The zero-order valence-electron chi connectivity index (χ0n) is 20.9. The molecule has 0 unspecified atom stereocenters. The van der Waals surface area contributed by atoms with Crippen LogP contribution in [0.25, 0.3) is 0 Å². The Morgan fingerprint density at radius 2 is 1.64 bits per heavy atom. The number of hydrogen-bond donors (Lipinski definition) is 2. The van der Waals surface area contributed by atoms with Gasteiger partial charge in [0.15, 0.2) is 18.1 Å². The molecule has 2 N–H and O–H groups in total. The molecule has 0 aliphatic carbocycles. The molecule has 3 aromatic rings. The van der Waals surface area contributed by atoms with Gasteiger partial charge in [0.2, 0.25) is 0 Å². The summed E-state index contributed by atoms with van der Waals surface area (Å²) < 4.78 is 17.1. The molecule has 0 saturated carbocycles. The van der Waals surface area contributed by atoms with E-state index in [-0.39, 0.29) is 18.4 Å². The van der Waals surface area contributed by atoms with Crippen LogP contribution in [0.5, 0.6) is 17.2 Å². The van der Waals surface area contributed by atoms with Gasteiger partial charge in [-0.15, -0.1) is 0 Å². The molecular formula is C28H31BrN2O5. The molecule has 2 amide bonds. The minimum atomic E-state index is -0.361. The maximum Gasteiger partial charge on any atom is 0.262 e. The summed E-state index contributed by atoms with van der Waals surface area (Å²) in [5, 5.41) is 5.68. The Balaban J connectivity index is 1.56. The van der Waals surface area contributed by atoms with E-state index in [9.17, 15) is 9.59 Å². The minimum absolute atomic E-state index is 0.186. The van der Waals surface area contributed by atoms with Crippen molar-refractivity contribution in [3.8, 4) is 17.2 Å². The third-order valence-electron chi connectivity index (χ3n) is 5.57. The number of ether oxygens (including phenoxy) is 3. The molecule has 0 aliphatic rings. The van der Waals surface area contributed by atoms with Crippen LogP contribution in [-0.4, -0.2) is 39.2 Å². The first-order chi connectivity index (χ1) is 17.3. The quantitative estimate of drug-likeness (QED) is 0.323. The molecule has 8 heteroatoms. The van der Waals surface area contributed by atoms with Gasteiger partial charge in [0, 0.05) is 6.54 Å². The molecule has 0 saturated heterocycles.